The van der Waals surface area contributed by atoms with Gasteiger partial charge < -0.3 is 42.6 Å². The molecule has 0 bridgehead atoms. The van der Waals surface area contributed by atoms with Crippen LogP contribution in [0.5, 0.6) is 5.75 Å². The first kappa shape index (κ1) is 30.8. The number of rotatable bonds is 15. The van der Waals surface area contributed by atoms with E-state index in [9.17, 15) is 34.2 Å². The predicted molar refractivity (Wildman–Crippen MR) is 139 cm³/mol. The van der Waals surface area contributed by atoms with Gasteiger partial charge in [-0.1, -0.05) is 26.0 Å². The number of nitrogens with two attached hydrogens (primary N) is 2. The number of nitrogens with zero attached hydrogens (tertiary/aromatic N) is 1. The monoisotopic (exact) mass is 545 g/mol. The first-order valence-electron chi connectivity index (χ1n) is 12.3. The lowest BCUT2D eigenvalue weighted by molar-refractivity contribution is -0.143. The molecule has 0 fully saturated rings. The molecule has 0 aliphatic rings. The molecular weight excluding hydrogens is 510 g/mol. The Bertz CT molecular complexity index is 1140. The van der Waals surface area contributed by atoms with Gasteiger partial charge in [0.2, 0.25) is 23.6 Å². The van der Waals surface area contributed by atoms with E-state index < -0.39 is 60.2 Å². The summed E-state index contributed by atoms with van der Waals surface area (Å²) in [6, 6.07) is 1.09. The average Bonchev–Trinajstić information content (AvgIpc) is 3.36. The van der Waals surface area contributed by atoms with Crippen LogP contribution in [0.25, 0.3) is 0 Å². The number of H-pyrrole nitrogens is 1. The van der Waals surface area contributed by atoms with Crippen molar-refractivity contribution in [3.63, 3.8) is 0 Å². The van der Waals surface area contributed by atoms with Gasteiger partial charge >= 0.3 is 5.97 Å². The first-order chi connectivity index (χ1) is 18.3. The number of carbonyl (C=O) groups is 5. The molecule has 1 aromatic heterocycles. The highest BCUT2D eigenvalue weighted by atomic mass is 16.4. The van der Waals surface area contributed by atoms with Gasteiger partial charge in [0, 0.05) is 18.3 Å². The van der Waals surface area contributed by atoms with Crippen LogP contribution < -0.4 is 27.4 Å². The Kier molecular flexibility index (Phi) is 11.4. The van der Waals surface area contributed by atoms with Crippen LogP contribution in [0, 0.1) is 5.92 Å². The third kappa shape index (κ3) is 10.4. The molecule has 212 valence electrons. The molecule has 0 saturated carbocycles. The van der Waals surface area contributed by atoms with Crippen LogP contribution >= 0.6 is 0 Å². The summed E-state index contributed by atoms with van der Waals surface area (Å²) in [5.41, 5.74) is 12.5. The zero-order valence-electron chi connectivity index (χ0n) is 21.7. The van der Waals surface area contributed by atoms with E-state index in [-0.39, 0.29) is 30.9 Å². The lowest BCUT2D eigenvalue weighted by atomic mass is 10.0. The van der Waals surface area contributed by atoms with Crippen molar-refractivity contribution in [2.75, 3.05) is 0 Å². The van der Waals surface area contributed by atoms with E-state index >= 15 is 0 Å². The van der Waals surface area contributed by atoms with Gasteiger partial charge in [-0.05, 0) is 36.5 Å². The van der Waals surface area contributed by atoms with Crippen molar-refractivity contribution in [3.8, 4) is 5.75 Å². The summed E-state index contributed by atoms with van der Waals surface area (Å²) in [6.07, 6.45) is 2.40. The first-order valence-corrected chi connectivity index (χ1v) is 12.3. The second-order valence-corrected chi connectivity index (χ2v) is 9.58. The number of aromatic nitrogens is 2. The van der Waals surface area contributed by atoms with Gasteiger partial charge in [-0.2, -0.15) is 0 Å². The van der Waals surface area contributed by atoms with E-state index in [1.54, 1.807) is 26.0 Å². The fourth-order valence-electron chi connectivity index (χ4n) is 3.73. The highest BCUT2D eigenvalue weighted by Gasteiger charge is 2.32. The Labute approximate surface area is 224 Å². The molecule has 4 atom stereocenters. The molecule has 14 nitrogen and oxygen atoms in total. The number of imidazole rings is 1. The van der Waals surface area contributed by atoms with Gasteiger partial charge in [0.25, 0.3) is 0 Å². The molecule has 1 heterocycles. The summed E-state index contributed by atoms with van der Waals surface area (Å²) in [6.45, 7) is 3.56. The molecule has 2 rings (SSSR count). The molecule has 4 amide bonds. The molecule has 0 aliphatic heterocycles. The molecule has 1 aromatic carbocycles. The number of carboxylic acid groups (broad SMARTS) is 1. The van der Waals surface area contributed by atoms with Gasteiger partial charge in [0.05, 0.1) is 18.8 Å². The van der Waals surface area contributed by atoms with E-state index in [0.717, 1.165) is 0 Å². The summed E-state index contributed by atoms with van der Waals surface area (Å²) in [7, 11) is 0. The molecule has 10 N–H and O–H groups in total. The Morgan fingerprint density at radius 3 is 2.05 bits per heavy atom. The van der Waals surface area contributed by atoms with E-state index in [4.69, 9.17) is 11.5 Å². The zero-order valence-corrected chi connectivity index (χ0v) is 21.7. The quantitative estimate of drug-likeness (QED) is 0.132. The van der Waals surface area contributed by atoms with Gasteiger partial charge in [-0.25, -0.2) is 9.78 Å². The summed E-state index contributed by atoms with van der Waals surface area (Å²) in [5.74, 6) is -4.58. The highest BCUT2D eigenvalue weighted by molar-refractivity contribution is 5.96. The largest absolute Gasteiger partial charge is 0.508 e. The molecule has 39 heavy (non-hydrogen) atoms. The molecule has 0 spiro atoms. The van der Waals surface area contributed by atoms with Gasteiger partial charge in [0.1, 0.15) is 23.9 Å². The van der Waals surface area contributed by atoms with Crippen molar-refractivity contribution >= 4 is 29.6 Å². The number of nitrogens with one attached hydrogen (secondary N) is 4. The van der Waals surface area contributed by atoms with Crippen LogP contribution in [0.15, 0.2) is 36.8 Å². The van der Waals surface area contributed by atoms with E-state index in [1.165, 1.54) is 24.7 Å². The Hall–Kier alpha value is -4.46. The number of benzene rings is 1. The number of aromatic hydroxyl groups is 1. The van der Waals surface area contributed by atoms with Gasteiger partial charge in [-0.3, -0.25) is 19.2 Å². The number of carboxylic acids is 1. The third-order valence-electron chi connectivity index (χ3n) is 5.70. The van der Waals surface area contributed by atoms with E-state index in [0.29, 0.717) is 11.3 Å². The van der Waals surface area contributed by atoms with Crippen LogP contribution in [0.1, 0.15) is 37.9 Å². The number of hydrogen-bond donors (Lipinski definition) is 8. The lowest BCUT2D eigenvalue weighted by Crippen LogP contribution is -2.58. The van der Waals surface area contributed by atoms with Crippen molar-refractivity contribution in [3.05, 3.63) is 48.0 Å². The molecule has 2 aromatic rings. The van der Waals surface area contributed by atoms with Crippen molar-refractivity contribution in [2.45, 2.75) is 63.7 Å². The fourth-order valence-corrected chi connectivity index (χ4v) is 3.73. The normalized spacial score (nSPS) is 14.1. The maximum atomic E-state index is 13.2. The number of aliphatic carboxylic acids is 1. The Balaban J connectivity index is 2.18. The van der Waals surface area contributed by atoms with E-state index in [1.807, 2.05) is 0 Å². The average molecular weight is 546 g/mol. The molecular formula is C25H35N7O7. The zero-order chi connectivity index (χ0) is 29.1. The predicted octanol–water partition coefficient (Wildman–Crippen LogP) is -1.31. The highest BCUT2D eigenvalue weighted by Crippen LogP contribution is 2.11. The lowest BCUT2D eigenvalue weighted by Gasteiger charge is -2.25. The smallest absolute Gasteiger partial charge is 0.326 e. The number of carbonyl (C=O) groups excluding carboxylic acids is 4. The van der Waals surface area contributed by atoms with Crippen LogP contribution in [-0.4, -0.2) is 73.9 Å². The van der Waals surface area contributed by atoms with Gasteiger partial charge in [0.15, 0.2) is 0 Å². The molecule has 14 heteroatoms. The van der Waals surface area contributed by atoms with Crippen molar-refractivity contribution in [2.24, 2.45) is 17.4 Å². The Morgan fingerprint density at radius 1 is 0.923 bits per heavy atom. The number of primary amides is 1. The minimum absolute atomic E-state index is 0.0560. The summed E-state index contributed by atoms with van der Waals surface area (Å²) in [4.78, 5) is 68.9. The second-order valence-electron chi connectivity index (χ2n) is 9.58. The molecule has 0 saturated heterocycles. The summed E-state index contributed by atoms with van der Waals surface area (Å²) >= 11 is 0. The number of hydrogen-bond acceptors (Lipinski definition) is 8. The van der Waals surface area contributed by atoms with Crippen molar-refractivity contribution in [1.29, 1.82) is 0 Å². The van der Waals surface area contributed by atoms with Crippen molar-refractivity contribution in [1.82, 2.24) is 25.9 Å². The molecule has 4 unspecified atom stereocenters. The molecule has 0 radical (unpaired) electrons. The number of phenolic OH excluding ortho intramolecular Hbond substituents is 1. The van der Waals surface area contributed by atoms with Crippen LogP contribution in [-0.2, 0) is 36.8 Å². The minimum Gasteiger partial charge on any atom is -0.508 e. The van der Waals surface area contributed by atoms with Crippen LogP contribution in [0.2, 0.25) is 0 Å². The maximum absolute atomic E-state index is 13.2. The van der Waals surface area contributed by atoms with Crippen molar-refractivity contribution < 1.29 is 34.2 Å². The SMILES string of the molecule is CC(C)CC(NC(=O)C(CC(N)=O)NC(=O)C(Cc1cnc[nH]1)NC(=O)C(N)Cc1ccc(O)cc1)C(=O)O. The number of amides is 4. The number of aromatic amines is 1. The maximum Gasteiger partial charge on any atom is 0.326 e. The summed E-state index contributed by atoms with van der Waals surface area (Å²) in [5, 5.41) is 26.2. The Morgan fingerprint density at radius 2 is 1.51 bits per heavy atom. The van der Waals surface area contributed by atoms with Gasteiger partial charge in [-0.15, -0.1) is 0 Å². The summed E-state index contributed by atoms with van der Waals surface area (Å²) < 4.78 is 0. The number of phenols is 1. The molecule has 0 aliphatic carbocycles. The van der Waals surface area contributed by atoms with E-state index in [2.05, 4.69) is 25.9 Å². The van der Waals surface area contributed by atoms with Crippen LogP contribution in [0.3, 0.4) is 0 Å². The van der Waals surface area contributed by atoms with Crippen LogP contribution in [0.4, 0.5) is 0 Å². The standard InChI is InChI=1S/C25H35N7O7/c1-13(2)7-20(25(38)39)32-24(37)19(10-21(27)34)31-23(36)18(9-15-11-28-12-29-15)30-22(35)17(26)8-14-3-5-16(33)6-4-14/h3-6,11-13,17-20,33H,7-10,26H2,1-2H3,(H2,27,34)(H,28,29)(H,30,35)(H,31,36)(H,32,37)(H,38,39). The minimum atomic E-state index is -1.49. The third-order valence-corrected chi connectivity index (χ3v) is 5.70. The topological polar surface area (TPSA) is 243 Å². The fraction of sp³-hybridized carbons (Fsp3) is 0.440. The second kappa shape index (κ2) is 14.5.